The molecule has 0 aliphatic rings. The van der Waals surface area contributed by atoms with Crippen molar-refractivity contribution in [2.24, 2.45) is 0 Å². The van der Waals surface area contributed by atoms with Crippen LogP contribution in [0.1, 0.15) is 28.4 Å². The number of hydrogen-bond acceptors (Lipinski definition) is 6. The molecule has 9 heteroatoms. The maximum Gasteiger partial charge on any atom is 0.328 e. The number of hydrogen-bond donors (Lipinski definition) is 2. The second kappa shape index (κ2) is 11.5. The number of benzene rings is 3. The topological polar surface area (TPSA) is 111 Å². The number of aryl methyl sites for hydroxylation is 1. The number of carbonyl (C=O) groups excluding carboxylic acids is 2. The van der Waals surface area contributed by atoms with E-state index in [0.29, 0.717) is 17.0 Å². The van der Waals surface area contributed by atoms with Crippen LogP contribution in [0.2, 0.25) is 0 Å². The lowest BCUT2D eigenvalue weighted by atomic mass is 10.0. The molecule has 3 aromatic carbocycles. The van der Waals surface area contributed by atoms with Crippen LogP contribution in [-0.2, 0) is 26.0 Å². The number of methoxy groups -OCH3 is 1. The monoisotopic (exact) mass is 496 g/mol. The molecule has 3 aromatic rings. The highest BCUT2D eigenvalue weighted by Gasteiger charge is 2.25. The van der Waals surface area contributed by atoms with Gasteiger partial charge in [0.15, 0.2) is 0 Å². The van der Waals surface area contributed by atoms with Crippen molar-refractivity contribution in [1.29, 1.82) is 0 Å². The predicted molar refractivity (Wildman–Crippen MR) is 133 cm³/mol. The molecule has 184 valence electrons. The molecule has 0 saturated heterocycles. The van der Waals surface area contributed by atoms with Gasteiger partial charge in [0.1, 0.15) is 11.8 Å². The van der Waals surface area contributed by atoms with E-state index in [0.717, 1.165) is 5.56 Å². The van der Waals surface area contributed by atoms with E-state index in [4.69, 9.17) is 9.47 Å². The van der Waals surface area contributed by atoms with Crippen molar-refractivity contribution in [2.75, 3.05) is 18.4 Å². The molecular formula is C26H28N2O6S. The number of anilines is 1. The molecule has 1 atom stereocenters. The average molecular weight is 497 g/mol. The summed E-state index contributed by atoms with van der Waals surface area (Å²) >= 11 is 0. The standard InChI is InChI=1S/C26H28N2O6S/c1-4-34-26(30)24(16-19-8-6-5-7-9-19)27-25(29)23-17-22(15-10-18(23)2)35(31,32)28-20-11-13-21(33-3)14-12-20/h5-15,17,24,28H,4,16H2,1-3H3,(H,27,29). The summed E-state index contributed by atoms with van der Waals surface area (Å²) in [7, 11) is -2.45. The minimum atomic E-state index is -3.97. The smallest absolute Gasteiger partial charge is 0.328 e. The first-order valence-electron chi connectivity index (χ1n) is 11.0. The quantitative estimate of drug-likeness (QED) is 0.414. The second-order valence-electron chi connectivity index (χ2n) is 7.78. The largest absolute Gasteiger partial charge is 0.497 e. The van der Waals surface area contributed by atoms with Gasteiger partial charge in [-0.1, -0.05) is 36.4 Å². The van der Waals surface area contributed by atoms with Crippen LogP contribution < -0.4 is 14.8 Å². The summed E-state index contributed by atoms with van der Waals surface area (Å²) < 4.78 is 38.6. The van der Waals surface area contributed by atoms with Crippen molar-refractivity contribution in [3.05, 3.63) is 89.5 Å². The number of ether oxygens (including phenoxy) is 2. The summed E-state index contributed by atoms with van der Waals surface area (Å²) in [4.78, 5) is 25.6. The van der Waals surface area contributed by atoms with Crippen molar-refractivity contribution < 1.29 is 27.5 Å². The van der Waals surface area contributed by atoms with Crippen molar-refractivity contribution in [3.8, 4) is 5.75 Å². The van der Waals surface area contributed by atoms with E-state index < -0.39 is 27.9 Å². The molecule has 8 nitrogen and oxygen atoms in total. The number of carbonyl (C=O) groups is 2. The zero-order chi connectivity index (χ0) is 25.4. The van der Waals surface area contributed by atoms with Gasteiger partial charge in [0.2, 0.25) is 0 Å². The van der Waals surface area contributed by atoms with E-state index in [-0.39, 0.29) is 23.5 Å². The Kier molecular flexibility index (Phi) is 8.48. The Morgan fingerprint density at radius 1 is 0.971 bits per heavy atom. The Labute approximate surface area is 205 Å². The van der Waals surface area contributed by atoms with Gasteiger partial charge >= 0.3 is 5.97 Å². The van der Waals surface area contributed by atoms with E-state index in [9.17, 15) is 18.0 Å². The first-order chi connectivity index (χ1) is 16.7. The van der Waals surface area contributed by atoms with Crippen molar-refractivity contribution >= 4 is 27.6 Å². The van der Waals surface area contributed by atoms with E-state index in [1.54, 1.807) is 44.2 Å². The van der Waals surface area contributed by atoms with E-state index in [2.05, 4.69) is 10.0 Å². The molecule has 0 aliphatic carbocycles. The summed E-state index contributed by atoms with van der Waals surface area (Å²) in [5, 5.41) is 2.71. The summed E-state index contributed by atoms with van der Waals surface area (Å²) in [6.07, 6.45) is 0.238. The van der Waals surface area contributed by atoms with E-state index in [1.807, 2.05) is 30.3 Å². The maximum absolute atomic E-state index is 13.1. The Balaban J connectivity index is 1.83. The molecule has 1 amide bonds. The Morgan fingerprint density at radius 2 is 1.66 bits per heavy atom. The molecule has 0 radical (unpaired) electrons. The molecule has 0 aromatic heterocycles. The summed E-state index contributed by atoms with van der Waals surface area (Å²) in [5.41, 5.74) is 1.91. The van der Waals surface area contributed by atoms with Gasteiger partial charge in [-0.3, -0.25) is 9.52 Å². The first kappa shape index (κ1) is 25.8. The highest BCUT2D eigenvalue weighted by atomic mass is 32.2. The average Bonchev–Trinajstić information content (AvgIpc) is 2.84. The van der Waals surface area contributed by atoms with Crippen LogP contribution in [0.3, 0.4) is 0 Å². The summed E-state index contributed by atoms with van der Waals surface area (Å²) in [6, 6.07) is 19.0. The van der Waals surface area contributed by atoms with E-state index >= 15 is 0 Å². The van der Waals surface area contributed by atoms with Crippen LogP contribution in [-0.4, -0.2) is 40.1 Å². The summed E-state index contributed by atoms with van der Waals surface area (Å²) in [6.45, 7) is 3.55. The van der Waals surface area contributed by atoms with Crippen LogP contribution in [0.15, 0.2) is 77.7 Å². The van der Waals surface area contributed by atoms with Crippen LogP contribution in [0.25, 0.3) is 0 Å². The molecule has 0 heterocycles. The zero-order valence-corrected chi connectivity index (χ0v) is 20.6. The minimum Gasteiger partial charge on any atom is -0.497 e. The number of sulfonamides is 1. The molecule has 2 N–H and O–H groups in total. The second-order valence-corrected chi connectivity index (χ2v) is 9.46. The van der Waals surface area contributed by atoms with Gasteiger partial charge in [-0.15, -0.1) is 0 Å². The fourth-order valence-electron chi connectivity index (χ4n) is 3.41. The van der Waals surface area contributed by atoms with Gasteiger partial charge in [0, 0.05) is 17.7 Å². The molecule has 0 bridgehead atoms. The van der Waals surface area contributed by atoms with Crippen molar-refractivity contribution in [3.63, 3.8) is 0 Å². The minimum absolute atomic E-state index is 0.0835. The lowest BCUT2D eigenvalue weighted by Crippen LogP contribution is -2.43. The molecule has 0 fully saturated rings. The van der Waals surface area contributed by atoms with Gasteiger partial charge in [-0.2, -0.15) is 0 Å². The zero-order valence-electron chi connectivity index (χ0n) is 19.8. The molecule has 35 heavy (non-hydrogen) atoms. The van der Waals surface area contributed by atoms with Crippen LogP contribution >= 0.6 is 0 Å². The first-order valence-corrected chi connectivity index (χ1v) is 12.5. The summed E-state index contributed by atoms with van der Waals surface area (Å²) in [5.74, 6) is -0.542. The lowest BCUT2D eigenvalue weighted by Gasteiger charge is -2.18. The molecule has 3 rings (SSSR count). The van der Waals surface area contributed by atoms with Gasteiger partial charge in [0.25, 0.3) is 15.9 Å². The fourth-order valence-corrected chi connectivity index (χ4v) is 4.49. The van der Waals surface area contributed by atoms with Crippen LogP contribution in [0, 0.1) is 6.92 Å². The number of nitrogens with one attached hydrogen (secondary N) is 2. The highest BCUT2D eigenvalue weighted by molar-refractivity contribution is 7.92. The molecular weight excluding hydrogens is 468 g/mol. The van der Waals surface area contributed by atoms with Crippen LogP contribution in [0.5, 0.6) is 5.75 Å². The third kappa shape index (κ3) is 6.83. The molecule has 0 spiro atoms. The number of rotatable bonds is 10. The highest BCUT2D eigenvalue weighted by Crippen LogP contribution is 2.21. The van der Waals surface area contributed by atoms with Gasteiger partial charge in [0.05, 0.1) is 18.6 Å². The molecule has 0 saturated carbocycles. The van der Waals surface area contributed by atoms with Crippen molar-refractivity contribution in [2.45, 2.75) is 31.2 Å². The lowest BCUT2D eigenvalue weighted by molar-refractivity contribution is -0.145. The van der Waals surface area contributed by atoms with Gasteiger partial charge in [-0.05, 0) is 61.4 Å². The number of amides is 1. The van der Waals surface area contributed by atoms with Gasteiger partial charge in [-0.25, -0.2) is 13.2 Å². The Hall–Kier alpha value is -3.85. The molecule has 1 unspecified atom stereocenters. The fraction of sp³-hybridized carbons (Fsp3) is 0.231. The maximum atomic E-state index is 13.1. The van der Waals surface area contributed by atoms with Gasteiger partial charge < -0.3 is 14.8 Å². The molecule has 0 aliphatic heterocycles. The van der Waals surface area contributed by atoms with Crippen LogP contribution in [0.4, 0.5) is 5.69 Å². The predicted octanol–water partition coefficient (Wildman–Crippen LogP) is 3.71. The Bertz CT molecular complexity index is 1270. The normalized spacial score (nSPS) is 11.9. The third-order valence-electron chi connectivity index (χ3n) is 5.27. The van der Waals surface area contributed by atoms with E-state index in [1.165, 1.54) is 19.2 Å². The SMILES string of the molecule is CCOC(=O)C(Cc1ccccc1)NC(=O)c1cc(S(=O)(=O)Nc2ccc(OC)cc2)ccc1C. The van der Waals surface area contributed by atoms with Crippen molar-refractivity contribution in [1.82, 2.24) is 5.32 Å². The Morgan fingerprint density at radius 3 is 2.29 bits per heavy atom. The third-order valence-corrected chi connectivity index (χ3v) is 6.64. The number of esters is 1.